The van der Waals surface area contributed by atoms with E-state index in [9.17, 15) is 9.59 Å². The summed E-state index contributed by atoms with van der Waals surface area (Å²) in [6.45, 7) is 5.52. The Morgan fingerprint density at radius 2 is 2.07 bits per heavy atom. The Morgan fingerprint density at radius 1 is 1.40 bits per heavy atom. The van der Waals surface area contributed by atoms with Crippen molar-refractivity contribution in [3.05, 3.63) is 23.2 Å². The average molecular weight is 206 g/mol. The molecule has 0 aliphatic heterocycles. The van der Waals surface area contributed by atoms with Gasteiger partial charge in [0, 0.05) is 12.8 Å². The molecule has 80 valence electrons. The van der Waals surface area contributed by atoms with Gasteiger partial charge in [0.2, 0.25) is 0 Å². The van der Waals surface area contributed by atoms with Gasteiger partial charge in [0.15, 0.2) is 11.6 Å². The second-order valence-electron chi connectivity index (χ2n) is 4.94. The SMILES string of the molecule is CC(=O)c1coc2c1C(=O)CC(C)(C)C2. The first-order valence-electron chi connectivity index (χ1n) is 5.05. The molecule has 0 spiro atoms. The fraction of sp³-hybridized carbons (Fsp3) is 0.500. The lowest BCUT2D eigenvalue weighted by atomic mass is 9.75. The molecule has 2 rings (SSSR count). The van der Waals surface area contributed by atoms with Crippen molar-refractivity contribution in [3.8, 4) is 0 Å². The molecular weight excluding hydrogens is 192 g/mol. The lowest BCUT2D eigenvalue weighted by Crippen LogP contribution is -2.26. The van der Waals surface area contributed by atoms with Gasteiger partial charge in [-0.15, -0.1) is 0 Å². The monoisotopic (exact) mass is 206 g/mol. The van der Waals surface area contributed by atoms with E-state index in [1.807, 2.05) is 13.8 Å². The normalized spacial score (nSPS) is 18.7. The molecule has 0 atom stereocenters. The predicted molar refractivity (Wildman–Crippen MR) is 55.1 cm³/mol. The van der Waals surface area contributed by atoms with Crippen LogP contribution < -0.4 is 0 Å². The lowest BCUT2D eigenvalue weighted by Gasteiger charge is -2.27. The van der Waals surface area contributed by atoms with Crippen molar-refractivity contribution in [3.63, 3.8) is 0 Å². The lowest BCUT2D eigenvalue weighted by molar-refractivity contribution is 0.0895. The van der Waals surface area contributed by atoms with Crippen molar-refractivity contribution in [2.24, 2.45) is 5.41 Å². The second-order valence-corrected chi connectivity index (χ2v) is 4.94. The van der Waals surface area contributed by atoms with Crippen LogP contribution in [0.15, 0.2) is 10.7 Å². The molecule has 1 aromatic rings. The fourth-order valence-electron chi connectivity index (χ4n) is 2.11. The molecule has 0 amide bonds. The Balaban J connectivity index is 2.53. The number of carbonyl (C=O) groups is 2. The smallest absolute Gasteiger partial charge is 0.167 e. The van der Waals surface area contributed by atoms with E-state index in [0.717, 1.165) is 6.42 Å². The van der Waals surface area contributed by atoms with E-state index in [1.54, 1.807) is 0 Å². The molecule has 0 N–H and O–H groups in total. The maximum atomic E-state index is 11.9. The van der Waals surface area contributed by atoms with Gasteiger partial charge in [-0.25, -0.2) is 0 Å². The fourth-order valence-corrected chi connectivity index (χ4v) is 2.11. The van der Waals surface area contributed by atoms with Gasteiger partial charge >= 0.3 is 0 Å². The first kappa shape index (κ1) is 10.1. The standard InChI is InChI=1S/C12H14O3/c1-7(13)8-6-15-10-5-12(2,3)4-9(14)11(8)10/h6H,4-5H2,1-3H3. The van der Waals surface area contributed by atoms with E-state index in [2.05, 4.69) is 0 Å². The molecule has 0 radical (unpaired) electrons. The Morgan fingerprint density at radius 3 is 2.67 bits per heavy atom. The third-order valence-corrected chi connectivity index (χ3v) is 2.80. The number of furan rings is 1. The summed E-state index contributed by atoms with van der Waals surface area (Å²) >= 11 is 0. The minimum Gasteiger partial charge on any atom is -0.468 e. The Bertz CT molecular complexity index is 438. The molecule has 15 heavy (non-hydrogen) atoms. The van der Waals surface area contributed by atoms with Crippen LogP contribution in [0.4, 0.5) is 0 Å². The Kier molecular flexibility index (Phi) is 2.07. The zero-order chi connectivity index (χ0) is 11.2. The average Bonchev–Trinajstić information content (AvgIpc) is 2.45. The molecule has 3 heteroatoms. The van der Waals surface area contributed by atoms with Crippen molar-refractivity contribution >= 4 is 11.6 Å². The summed E-state index contributed by atoms with van der Waals surface area (Å²) in [5.74, 6) is 0.592. The van der Waals surface area contributed by atoms with E-state index in [4.69, 9.17) is 4.42 Å². The van der Waals surface area contributed by atoms with E-state index in [0.29, 0.717) is 23.3 Å². The van der Waals surface area contributed by atoms with Crippen LogP contribution in [0.25, 0.3) is 0 Å². The van der Waals surface area contributed by atoms with Crippen LogP contribution in [-0.4, -0.2) is 11.6 Å². The van der Waals surface area contributed by atoms with Gasteiger partial charge in [0.1, 0.15) is 12.0 Å². The number of rotatable bonds is 1. The number of fused-ring (bicyclic) bond motifs is 1. The molecule has 0 saturated heterocycles. The summed E-state index contributed by atoms with van der Waals surface area (Å²) in [6.07, 6.45) is 2.62. The summed E-state index contributed by atoms with van der Waals surface area (Å²) in [5.41, 5.74) is 0.892. The molecule has 1 heterocycles. The van der Waals surface area contributed by atoms with E-state index < -0.39 is 0 Å². The van der Waals surface area contributed by atoms with Crippen LogP contribution in [0.3, 0.4) is 0 Å². The van der Waals surface area contributed by atoms with Gasteiger partial charge in [0.05, 0.1) is 11.1 Å². The van der Waals surface area contributed by atoms with Gasteiger partial charge in [-0.05, 0) is 12.3 Å². The number of hydrogen-bond acceptors (Lipinski definition) is 3. The topological polar surface area (TPSA) is 47.3 Å². The Labute approximate surface area is 88.5 Å². The largest absolute Gasteiger partial charge is 0.468 e. The summed E-state index contributed by atoms with van der Waals surface area (Å²) in [4.78, 5) is 23.1. The summed E-state index contributed by atoms with van der Waals surface area (Å²) in [5, 5.41) is 0. The molecule has 0 aromatic carbocycles. The predicted octanol–water partition coefficient (Wildman–Crippen LogP) is 2.64. The third-order valence-electron chi connectivity index (χ3n) is 2.80. The molecule has 0 unspecified atom stereocenters. The van der Waals surface area contributed by atoms with Crippen molar-refractivity contribution < 1.29 is 14.0 Å². The maximum Gasteiger partial charge on any atom is 0.167 e. The summed E-state index contributed by atoms with van der Waals surface area (Å²) < 4.78 is 5.31. The zero-order valence-electron chi connectivity index (χ0n) is 9.22. The van der Waals surface area contributed by atoms with Crippen LogP contribution in [0.1, 0.15) is 53.7 Å². The number of Topliss-reactive ketones (excluding diaryl/α,β-unsaturated/α-hetero) is 2. The highest BCUT2D eigenvalue weighted by Gasteiger charge is 2.35. The molecule has 1 aliphatic rings. The molecule has 3 nitrogen and oxygen atoms in total. The first-order valence-corrected chi connectivity index (χ1v) is 5.05. The van der Waals surface area contributed by atoms with Gasteiger partial charge in [-0.3, -0.25) is 9.59 Å². The number of carbonyl (C=O) groups excluding carboxylic acids is 2. The minimum atomic E-state index is -0.104. The van der Waals surface area contributed by atoms with E-state index >= 15 is 0 Å². The maximum absolute atomic E-state index is 11.9. The number of hydrogen-bond donors (Lipinski definition) is 0. The molecule has 0 saturated carbocycles. The molecular formula is C12H14O3. The van der Waals surface area contributed by atoms with Crippen LogP contribution in [-0.2, 0) is 6.42 Å². The molecule has 1 aliphatic carbocycles. The molecule has 0 bridgehead atoms. The summed E-state index contributed by atoms with van der Waals surface area (Å²) in [7, 11) is 0. The highest BCUT2D eigenvalue weighted by Crippen LogP contribution is 2.36. The number of ketones is 2. The molecule has 1 aromatic heterocycles. The highest BCUT2D eigenvalue weighted by atomic mass is 16.3. The zero-order valence-corrected chi connectivity index (χ0v) is 9.22. The van der Waals surface area contributed by atoms with Crippen molar-refractivity contribution in [1.82, 2.24) is 0 Å². The van der Waals surface area contributed by atoms with Gasteiger partial charge < -0.3 is 4.42 Å². The van der Waals surface area contributed by atoms with Crippen molar-refractivity contribution in [1.29, 1.82) is 0 Å². The van der Waals surface area contributed by atoms with E-state index in [-0.39, 0.29) is 17.0 Å². The molecule has 0 fully saturated rings. The van der Waals surface area contributed by atoms with Crippen LogP contribution in [0.5, 0.6) is 0 Å². The highest BCUT2D eigenvalue weighted by molar-refractivity contribution is 6.09. The third kappa shape index (κ3) is 1.62. The minimum absolute atomic E-state index is 0.0280. The van der Waals surface area contributed by atoms with Crippen molar-refractivity contribution in [2.75, 3.05) is 0 Å². The van der Waals surface area contributed by atoms with Gasteiger partial charge in [-0.2, -0.15) is 0 Å². The first-order chi connectivity index (χ1) is 6.91. The van der Waals surface area contributed by atoms with Crippen molar-refractivity contribution in [2.45, 2.75) is 33.6 Å². The summed E-state index contributed by atoms with van der Waals surface area (Å²) in [6, 6.07) is 0. The van der Waals surface area contributed by atoms with Crippen LogP contribution in [0, 0.1) is 5.41 Å². The second kappa shape index (κ2) is 3.05. The Hall–Kier alpha value is -1.38. The van der Waals surface area contributed by atoms with Crippen LogP contribution in [0.2, 0.25) is 0 Å². The van der Waals surface area contributed by atoms with E-state index in [1.165, 1.54) is 13.2 Å². The van der Waals surface area contributed by atoms with Gasteiger partial charge in [-0.1, -0.05) is 13.8 Å². The van der Waals surface area contributed by atoms with Crippen LogP contribution >= 0.6 is 0 Å². The quantitative estimate of drug-likeness (QED) is 0.663. The van der Waals surface area contributed by atoms with Gasteiger partial charge in [0.25, 0.3) is 0 Å².